The largest absolute Gasteiger partial charge is 0.398 e. The maximum Gasteiger partial charge on any atom is 0.0702 e. The molecule has 4 heteroatoms. The number of piperidine rings is 1. The highest BCUT2D eigenvalue weighted by molar-refractivity contribution is 9.10. The van der Waals surface area contributed by atoms with E-state index in [2.05, 4.69) is 33.8 Å². The molecule has 0 aromatic heterocycles. The van der Waals surface area contributed by atoms with Gasteiger partial charge in [0.15, 0.2) is 0 Å². The Balaban J connectivity index is 2.00. The molecule has 1 aromatic rings. The number of benzene rings is 1. The zero-order valence-corrected chi connectivity index (χ0v) is 12.4. The van der Waals surface area contributed by atoms with Crippen LogP contribution >= 0.6 is 15.9 Å². The first-order valence-electron chi connectivity index (χ1n) is 6.57. The van der Waals surface area contributed by atoms with Gasteiger partial charge in [0.2, 0.25) is 0 Å². The van der Waals surface area contributed by atoms with Crippen molar-refractivity contribution in [3.8, 4) is 0 Å². The Hall–Kier alpha value is -0.580. The number of halogens is 1. The van der Waals surface area contributed by atoms with Gasteiger partial charge in [0.1, 0.15) is 0 Å². The normalized spacial score (nSPS) is 21.1. The first kappa shape index (κ1) is 13.8. The lowest BCUT2D eigenvalue weighted by Crippen LogP contribution is -2.39. The van der Waals surface area contributed by atoms with E-state index in [1.54, 1.807) is 0 Å². The van der Waals surface area contributed by atoms with Crippen molar-refractivity contribution in [3.63, 3.8) is 0 Å². The van der Waals surface area contributed by atoms with Gasteiger partial charge in [-0.2, -0.15) is 0 Å². The average Bonchev–Trinajstić information content (AvgIpc) is 2.35. The zero-order valence-electron chi connectivity index (χ0n) is 10.9. The third-order valence-corrected chi connectivity index (χ3v) is 4.14. The molecule has 0 saturated carbocycles. The van der Waals surface area contributed by atoms with E-state index in [-0.39, 0.29) is 0 Å². The van der Waals surface area contributed by atoms with E-state index in [9.17, 15) is 0 Å². The predicted molar refractivity (Wildman–Crippen MR) is 78.5 cm³/mol. The molecule has 1 aliphatic heterocycles. The number of nitrogens with zero attached hydrogens (tertiary/aromatic N) is 1. The van der Waals surface area contributed by atoms with Crippen LogP contribution < -0.4 is 5.73 Å². The highest BCUT2D eigenvalue weighted by atomic mass is 79.9. The topological polar surface area (TPSA) is 38.5 Å². The number of hydrogen-bond donors (Lipinski definition) is 1. The van der Waals surface area contributed by atoms with E-state index in [0.29, 0.717) is 6.10 Å². The molecule has 2 N–H and O–H groups in total. The Bertz CT molecular complexity index is 375. The molecule has 1 heterocycles. The van der Waals surface area contributed by atoms with Gasteiger partial charge in [0.25, 0.3) is 0 Å². The van der Waals surface area contributed by atoms with Crippen LogP contribution in [0.2, 0.25) is 0 Å². The van der Waals surface area contributed by atoms with Gasteiger partial charge < -0.3 is 10.5 Å². The number of ether oxygens (including phenoxy) is 1. The SMILES string of the molecule is CCOC1CCCN(Cc2c(N)cccc2Br)C1. The van der Waals surface area contributed by atoms with Crippen molar-refractivity contribution in [2.24, 2.45) is 0 Å². The first-order valence-corrected chi connectivity index (χ1v) is 7.36. The second kappa shape index (κ2) is 6.55. The summed E-state index contributed by atoms with van der Waals surface area (Å²) in [7, 11) is 0. The molecule has 0 bridgehead atoms. The summed E-state index contributed by atoms with van der Waals surface area (Å²) in [6, 6.07) is 5.99. The average molecular weight is 313 g/mol. The van der Waals surface area contributed by atoms with Crippen LogP contribution in [0.25, 0.3) is 0 Å². The van der Waals surface area contributed by atoms with Crippen LogP contribution in [0.4, 0.5) is 5.69 Å². The highest BCUT2D eigenvalue weighted by Gasteiger charge is 2.21. The third kappa shape index (κ3) is 3.46. The van der Waals surface area contributed by atoms with Crippen LogP contribution in [0, 0.1) is 0 Å². The molecule has 1 saturated heterocycles. The number of rotatable bonds is 4. The second-order valence-corrected chi connectivity index (χ2v) is 5.62. The van der Waals surface area contributed by atoms with E-state index in [4.69, 9.17) is 10.5 Å². The molecule has 3 nitrogen and oxygen atoms in total. The minimum absolute atomic E-state index is 0.382. The lowest BCUT2D eigenvalue weighted by atomic mass is 10.1. The van der Waals surface area contributed by atoms with Gasteiger partial charge in [0, 0.05) is 35.4 Å². The van der Waals surface area contributed by atoms with Crippen molar-refractivity contribution < 1.29 is 4.74 Å². The number of nitrogens with two attached hydrogens (primary N) is 1. The maximum absolute atomic E-state index is 6.04. The van der Waals surface area contributed by atoms with E-state index < -0.39 is 0 Å². The lowest BCUT2D eigenvalue weighted by Gasteiger charge is -2.32. The Labute approximate surface area is 117 Å². The van der Waals surface area contributed by atoms with Crippen molar-refractivity contribution in [1.29, 1.82) is 0 Å². The maximum atomic E-state index is 6.04. The molecule has 1 aromatic carbocycles. The number of anilines is 1. The summed E-state index contributed by atoms with van der Waals surface area (Å²) < 4.78 is 6.82. The standard InChI is InChI=1S/C14H21BrN2O/c1-2-18-11-5-4-8-17(9-11)10-12-13(15)6-3-7-14(12)16/h3,6-7,11H,2,4-5,8-10,16H2,1H3. The number of hydrogen-bond acceptors (Lipinski definition) is 3. The van der Waals surface area contributed by atoms with Crippen LogP contribution in [0.1, 0.15) is 25.3 Å². The Morgan fingerprint density at radius 2 is 2.33 bits per heavy atom. The minimum Gasteiger partial charge on any atom is -0.398 e. The fraction of sp³-hybridized carbons (Fsp3) is 0.571. The molecule has 1 unspecified atom stereocenters. The lowest BCUT2D eigenvalue weighted by molar-refractivity contribution is 0.00363. The summed E-state index contributed by atoms with van der Waals surface area (Å²) in [6.07, 6.45) is 2.76. The minimum atomic E-state index is 0.382. The summed E-state index contributed by atoms with van der Waals surface area (Å²) >= 11 is 3.58. The van der Waals surface area contributed by atoms with Crippen molar-refractivity contribution in [1.82, 2.24) is 4.90 Å². The van der Waals surface area contributed by atoms with E-state index in [1.807, 2.05) is 12.1 Å². The molecule has 2 rings (SSSR count). The van der Waals surface area contributed by atoms with Gasteiger partial charge in [-0.25, -0.2) is 0 Å². The fourth-order valence-electron chi connectivity index (χ4n) is 2.49. The molecular formula is C14H21BrN2O. The molecule has 0 spiro atoms. The van der Waals surface area contributed by atoms with Gasteiger partial charge in [-0.1, -0.05) is 22.0 Å². The van der Waals surface area contributed by atoms with Crippen LogP contribution in [0.3, 0.4) is 0 Å². The first-order chi connectivity index (χ1) is 8.70. The molecule has 1 fully saturated rings. The predicted octanol–water partition coefficient (Wildman–Crippen LogP) is 3.03. The van der Waals surface area contributed by atoms with Crippen LogP contribution in [0.15, 0.2) is 22.7 Å². The second-order valence-electron chi connectivity index (χ2n) is 4.76. The van der Waals surface area contributed by atoms with Crippen molar-refractivity contribution >= 4 is 21.6 Å². The Kier molecular flexibility index (Phi) is 5.03. The van der Waals surface area contributed by atoms with E-state index in [0.717, 1.165) is 36.4 Å². The molecular weight excluding hydrogens is 292 g/mol. The molecule has 1 aliphatic rings. The van der Waals surface area contributed by atoms with Gasteiger partial charge >= 0.3 is 0 Å². The molecule has 0 amide bonds. The van der Waals surface area contributed by atoms with Crippen LogP contribution in [-0.4, -0.2) is 30.7 Å². The van der Waals surface area contributed by atoms with Crippen molar-refractivity contribution in [2.45, 2.75) is 32.4 Å². The summed E-state index contributed by atoms with van der Waals surface area (Å²) in [5.74, 6) is 0. The molecule has 0 aliphatic carbocycles. The van der Waals surface area contributed by atoms with Gasteiger partial charge in [-0.3, -0.25) is 4.90 Å². The summed E-state index contributed by atoms with van der Waals surface area (Å²) in [4.78, 5) is 2.43. The van der Waals surface area contributed by atoms with Crippen LogP contribution in [-0.2, 0) is 11.3 Å². The smallest absolute Gasteiger partial charge is 0.0702 e. The summed E-state index contributed by atoms with van der Waals surface area (Å²) in [6.45, 7) is 5.90. The molecule has 100 valence electrons. The molecule has 1 atom stereocenters. The third-order valence-electron chi connectivity index (χ3n) is 3.40. The number of likely N-dealkylation sites (tertiary alicyclic amines) is 1. The van der Waals surface area contributed by atoms with Gasteiger partial charge in [-0.15, -0.1) is 0 Å². The zero-order chi connectivity index (χ0) is 13.0. The summed E-state index contributed by atoms with van der Waals surface area (Å²) in [5, 5.41) is 0. The summed E-state index contributed by atoms with van der Waals surface area (Å²) in [5.41, 5.74) is 8.10. The highest BCUT2D eigenvalue weighted by Crippen LogP contribution is 2.25. The van der Waals surface area contributed by atoms with Crippen molar-refractivity contribution in [3.05, 3.63) is 28.2 Å². The van der Waals surface area contributed by atoms with E-state index in [1.165, 1.54) is 18.4 Å². The van der Waals surface area contributed by atoms with Crippen molar-refractivity contribution in [2.75, 3.05) is 25.4 Å². The van der Waals surface area contributed by atoms with E-state index >= 15 is 0 Å². The van der Waals surface area contributed by atoms with Gasteiger partial charge in [-0.05, 0) is 38.4 Å². The monoisotopic (exact) mass is 312 g/mol. The quantitative estimate of drug-likeness (QED) is 0.869. The van der Waals surface area contributed by atoms with Crippen LogP contribution in [0.5, 0.6) is 0 Å². The number of nitrogen functional groups attached to an aromatic ring is 1. The Morgan fingerprint density at radius 1 is 1.50 bits per heavy atom. The fourth-order valence-corrected chi connectivity index (χ4v) is 3.00. The molecule has 18 heavy (non-hydrogen) atoms. The van der Waals surface area contributed by atoms with Gasteiger partial charge in [0.05, 0.1) is 6.10 Å². The Morgan fingerprint density at radius 3 is 3.06 bits per heavy atom. The molecule has 0 radical (unpaired) electrons.